The summed E-state index contributed by atoms with van der Waals surface area (Å²) in [4.78, 5) is 21.8. The molecule has 0 aromatic carbocycles. The molecule has 0 aliphatic carbocycles. The molecule has 0 aromatic rings. The van der Waals surface area contributed by atoms with Gasteiger partial charge in [0.2, 0.25) is 0 Å². The number of carbonyl (C=O) groups is 2. The van der Waals surface area contributed by atoms with Gasteiger partial charge in [-0.2, -0.15) is 0 Å². The van der Waals surface area contributed by atoms with Crippen molar-refractivity contribution in [1.82, 2.24) is 0 Å². The standard InChI is InChI=1S/C9H10O7S/c10-1-3-2-15-4-5(16-3)7(9(13)14)17-6(4)8(11)12/h3,5,7,10H,1-2H2,(H,11,12)(H,13,14). The Morgan fingerprint density at radius 3 is 2.65 bits per heavy atom. The van der Waals surface area contributed by atoms with Crippen molar-refractivity contribution in [3.63, 3.8) is 0 Å². The molecule has 94 valence electrons. The predicted octanol–water partition coefficient (Wildman–Crippen LogP) is -0.741. The second kappa shape index (κ2) is 4.55. The van der Waals surface area contributed by atoms with Crippen LogP contribution in [0.15, 0.2) is 10.7 Å². The zero-order valence-corrected chi connectivity index (χ0v) is 9.35. The molecule has 17 heavy (non-hydrogen) atoms. The van der Waals surface area contributed by atoms with E-state index in [4.69, 9.17) is 24.8 Å². The first-order valence-corrected chi connectivity index (χ1v) is 5.68. The van der Waals surface area contributed by atoms with Crippen LogP contribution in [0.5, 0.6) is 0 Å². The van der Waals surface area contributed by atoms with Crippen LogP contribution in [-0.4, -0.2) is 57.9 Å². The summed E-state index contributed by atoms with van der Waals surface area (Å²) in [7, 11) is 0. The molecule has 0 radical (unpaired) electrons. The van der Waals surface area contributed by atoms with E-state index in [0.717, 1.165) is 0 Å². The lowest BCUT2D eigenvalue weighted by atomic mass is 10.1. The fourth-order valence-electron chi connectivity index (χ4n) is 1.66. The Morgan fingerprint density at radius 1 is 1.41 bits per heavy atom. The predicted molar refractivity (Wildman–Crippen MR) is 55.4 cm³/mol. The number of fused-ring (bicyclic) bond motifs is 1. The molecule has 3 atom stereocenters. The number of carboxylic acid groups (broad SMARTS) is 2. The molecular weight excluding hydrogens is 252 g/mol. The maximum Gasteiger partial charge on any atom is 0.345 e. The minimum absolute atomic E-state index is 0.0199. The fourth-order valence-corrected chi connectivity index (χ4v) is 2.71. The summed E-state index contributed by atoms with van der Waals surface area (Å²) in [5, 5.41) is 25.8. The molecule has 2 heterocycles. The molecule has 0 amide bonds. The van der Waals surface area contributed by atoms with Crippen molar-refractivity contribution in [2.75, 3.05) is 13.2 Å². The number of carboxylic acids is 2. The van der Waals surface area contributed by atoms with Crippen molar-refractivity contribution in [2.45, 2.75) is 17.5 Å². The van der Waals surface area contributed by atoms with Gasteiger partial charge in [-0.1, -0.05) is 11.8 Å². The van der Waals surface area contributed by atoms with Crippen LogP contribution in [-0.2, 0) is 19.1 Å². The highest BCUT2D eigenvalue weighted by atomic mass is 32.2. The Labute approximate surface area is 100 Å². The third-order valence-corrected chi connectivity index (χ3v) is 3.72. The maximum atomic E-state index is 11.0. The lowest BCUT2D eigenvalue weighted by molar-refractivity contribution is -0.148. The van der Waals surface area contributed by atoms with Crippen molar-refractivity contribution in [2.24, 2.45) is 0 Å². The molecule has 1 fully saturated rings. The average molecular weight is 262 g/mol. The van der Waals surface area contributed by atoms with Gasteiger partial charge in [0.05, 0.1) is 6.61 Å². The number of hydrogen-bond acceptors (Lipinski definition) is 6. The summed E-state index contributed by atoms with van der Waals surface area (Å²) >= 11 is 0.694. The SMILES string of the molecule is O=C(O)C1=C2OCC(CO)OC2C(C(=O)O)S1. The topological polar surface area (TPSA) is 113 Å². The first-order chi connectivity index (χ1) is 8.04. The highest BCUT2D eigenvalue weighted by Gasteiger charge is 2.48. The van der Waals surface area contributed by atoms with Gasteiger partial charge in [0.25, 0.3) is 0 Å². The molecule has 0 bridgehead atoms. The first-order valence-electron chi connectivity index (χ1n) is 4.80. The smallest absolute Gasteiger partial charge is 0.345 e. The van der Waals surface area contributed by atoms with Crippen molar-refractivity contribution < 1.29 is 34.4 Å². The third-order valence-electron chi connectivity index (χ3n) is 2.41. The summed E-state index contributed by atoms with van der Waals surface area (Å²) in [5.41, 5.74) is 0. The summed E-state index contributed by atoms with van der Waals surface area (Å²) in [6.45, 7) is -0.283. The Hall–Kier alpha value is -1.25. The van der Waals surface area contributed by atoms with Crippen LogP contribution >= 0.6 is 11.8 Å². The van der Waals surface area contributed by atoms with E-state index in [9.17, 15) is 9.59 Å². The average Bonchev–Trinajstić information content (AvgIpc) is 2.67. The van der Waals surface area contributed by atoms with Gasteiger partial charge in [-0.15, -0.1) is 0 Å². The molecule has 0 spiro atoms. The number of aliphatic carboxylic acids is 2. The number of aliphatic hydroxyl groups excluding tert-OH is 1. The van der Waals surface area contributed by atoms with Crippen LogP contribution in [0.2, 0.25) is 0 Å². The van der Waals surface area contributed by atoms with Gasteiger partial charge in [0, 0.05) is 0 Å². The van der Waals surface area contributed by atoms with Gasteiger partial charge in [-0.25, -0.2) is 4.79 Å². The van der Waals surface area contributed by atoms with Gasteiger partial charge in [0.1, 0.15) is 34.7 Å². The van der Waals surface area contributed by atoms with E-state index in [0.29, 0.717) is 11.8 Å². The van der Waals surface area contributed by atoms with Crippen molar-refractivity contribution in [3.05, 3.63) is 10.7 Å². The summed E-state index contributed by atoms with van der Waals surface area (Å²) in [6.07, 6.45) is -1.58. The van der Waals surface area contributed by atoms with Gasteiger partial charge >= 0.3 is 11.9 Å². The first kappa shape index (κ1) is 12.2. The molecular formula is C9H10O7S. The summed E-state index contributed by atoms with van der Waals surface area (Å²) in [6, 6.07) is 0. The number of thioether (sulfide) groups is 1. The quantitative estimate of drug-likeness (QED) is 0.609. The normalized spacial score (nSPS) is 31.9. The Morgan fingerprint density at radius 2 is 2.12 bits per heavy atom. The molecule has 3 unspecified atom stereocenters. The number of aliphatic hydroxyl groups is 1. The second-order valence-electron chi connectivity index (χ2n) is 3.55. The molecule has 0 saturated carbocycles. The van der Waals surface area contributed by atoms with Crippen molar-refractivity contribution >= 4 is 23.7 Å². The molecule has 1 saturated heterocycles. The van der Waals surface area contributed by atoms with E-state index in [2.05, 4.69) is 0 Å². The largest absolute Gasteiger partial charge is 0.491 e. The monoisotopic (exact) mass is 262 g/mol. The lowest BCUT2D eigenvalue weighted by Crippen LogP contribution is -2.42. The van der Waals surface area contributed by atoms with E-state index in [1.165, 1.54) is 0 Å². The lowest BCUT2D eigenvalue weighted by Gasteiger charge is -2.30. The van der Waals surface area contributed by atoms with Crippen molar-refractivity contribution in [1.29, 1.82) is 0 Å². The van der Waals surface area contributed by atoms with E-state index < -0.39 is 29.4 Å². The van der Waals surface area contributed by atoms with Crippen LogP contribution in [0.3, 0.4) is 0 Å². The van der Waals surface area contributed by atoms with E-state index in [-0.39, 0.29) is 23.9 Å². The fraction of sp³-hybridized carbons (Fsp3) is 0.556. The van der Waals surface area contributed by atoms with Gasteiger partial charge in [-0.05, 0) is 0 Å². The van der Waals surface area contributed by atoms with Crippen LogP contribution in [0.1, 0.15) is 0 Å². The van der Waals surface area contributed by atoms with Crippen LogP contribution in [0, 0.1) is 0 Å². The van der Waals surface area contributed by atoms with E-state index >= 15 is 0 Å². The van der Waals surface area contributed by atoms with Crippen LogP contribution in [0.4, 0.5) is 0 Å². The molecule has 2 rings (SSSR count). The number of hydrogen-bond donors (Lipinski definition) is 3. The van der Waals surface area contributed by atoms with Crippen molar-refractivity contribution in [3.8, 4) is 0 Å². The van der Waals surface area contributed by atoms with Gasteiger partial charge < -0.3 is 24.8 Å². The molecule has 0 aromatic heterocycles. The molecule has 2 aliphatic heterocycles. The molecule has 7 nitrogen and oxygen atoms in total. The van der Waals surface area contributed by atoms with Crippen LogP contribution in [0.25, 0.3) is 0 Å². The highest BCUT2D eigenvalue weighted by molar-refractivity contribution is 8.05. The maximum absolute atomic E-state index is 11.0. The minimum atomic E-state index is -1.23. The molecule has 8 heteroatoms. The third kappa shape index (κ3) is 2.11. The summed E-state index contributed by atoms with van der Waals surface area (Å²) in [5.74, 6) is -2.36. The Balaban J connectivity index is 2.27. The Kier molecular flexibility index (Phi) is 3.27. The van der Waals surface area contributed by atoms with E-state index in [1.807, 2.05) is 0 Å². The zero-order valence-electron chi connectivity index (χ0n) is 8.53. The number of ether oxygens (including phenoxy) is 2. The van der Waals surface area contributed by atoms with Gasteiger partial charge in [-0.3, -0.25) is 4.79 Å². The minimum Gasteiger partial charge on any atom is -0.491 e. The molecule has 3 N–H and O–H groups in total. The highest BCUT2D eigenvalue weighted by Crippen LogP contribution is 2.42. The van der Waals surface area contributed by atoms with Crippen LogP contribution < -0.4 is 0 Å². The molecule has 2 aliphatic rings. The Bertz CT molecular complexity index is 391. The number of rotatable bonds is 3. The zero-order chi connectivity index (χ0) is 12.6. The van der Waals surface area contributed by atoms with E-state index in [1.54, 1.807) is 0 Å². The second-order valence-corrected chi connectivity index (χ2v) is 4.70. The summed E-state index contributed by atoms with van der Waals surface area (Å²) < 4.78 is 10.5. The van der Waals surface area contributed by atoms with Gasteiger partial charge in [0.15, 0.2) is 0 Å².